The van der Waals surface area contributed by atoms with Crippen molar-refractivity contribution in [3.8, 4) is 33.4 Å². The second kappa shape index (κ2) is 16.6. The topological polar surface area (TPSA) is 0 Å². The SMILES string of the molecule is Cc1cc2c(-c3cccc4ccccc34)ccc(C)c2[cH-]1.Cc1ccc(-c2cc3c(-c4cccc5ccccc45)cccc3[cH-]2)cc1.[CH3-].[CH3-].[Si]=[Zr]. The fourth-order valence-corrected chi connectivity index (χ4v) is 7.13. The normalized spacial score (nSPS) is 10.5. The van der Waals surface area contributed by atoms with E-state index in [2.05, 4.69) is 191 Å². The Hall–Kier alpha value is -4.62. The van der Waals surface area contributed by atoms with E-state index >= 15 is 0 Å². The Morgan fingerprint density at radius 2 is 0.961 bits per heavy atom. The van der Waals surface area contributed by atoms with Crippen molar-refractivity contribution in [1.82, 2.24) is 0 Å². The Kier molecular flexibility index (Phi) is 12.2. The molecule has 0 nitrogen and oxygen atoms in total. The van der Waals surface area contributed by atoms with E-state index in [4.69, 9.17) is 0 Å². The predicted molar refractivity (Wildman–Crippen MR) is 223 cm³/mol. The third-order valence-electron chi connectivity index (χ3n) is 9.54. The number of hydrogen-bond acceptors (Lipinski definition) is 0. The molecule has 0 atom stereocenters. The molecular formula is C49H42SiZr-4. The van der Waals surface area contributed by atoms with Crippen LogP contribution < -0.4 is 0 Å². The molecule has 0 saturated heterocycles. The summed E-state index contributed by atoms with van der Waals surface area (Å²) in [5, 5.41) is 10.6. The molecule has 250 valence electrons. The van der Waals surface area contributed by atoms with Gasteiger partial charge in [-0.15, -0.1) is 68.6 Å². The van der Waals surface area contributed by atoms with E-state index in [1.165, 1.54) is 116 Å². The summed E-state index contributed by atoms with van der Waals surface area (Å²) < 4.78 is 0. The van der Waals surface area contributed by atoms with Gasteiger partial charge in [0.15, 0.2) is 0 Å². The zero-order valence-electron chi connectivity index (χ0n) is 30.1. The van der Waals surface area contributed by atoms with Gasteiger partial charge in [0.05, 0.1) is 0 Å². The first-order valence-corrected chi connectivity index (χ1v) is 20.9. The van der Waals surface area contributed by atoms with Gasteiger partial charge in [0, 0.05) is 0 Å². The van der Waals surface area contributed by atoms with Crippen LogP contribution in [-0.2, 0) is 23.3 Å². The molecule has 0 spiro atoms. The van der Waals surface area contributed by atoms with E-state index in [1.54, 1.807) is 0 Å². The standard InChI is InChI=1S/C26H19.C21H17.2CH3.Si.Zr/c1-18-12-14-19(15-13-18)22-16-21-8-5-11-25(26(21)17-22)24-10-4-7-20-6-2-3-9-23(20)24;1-14-12-20-15(2)10-11-19(21(20)13-14)18-9-5-7-16-6-3-4-8-17(16)18;;;;/h2-17H,1H3;3-13H,1-2H3;2*1H3;;/q4*-1;;. The van der Waals surface area contributed by atoms with Crippen LogP contribution in [0.2, 0.25) is 0 Å². The molecule has 2 radical (unpaired) electrons. The van der Waals surface area contributed by atoms with Gasteiger partial charge in [-0.1, -0.05) is 163 Å². The van der Waals surface area contributed by atoms with Gasteiger partial charge in [0.1, 0.15) is 0 Å². The molecule has 0 heterocycles. The number of hydrogen-bond donors (Lipinski definition) is 0. The van der Waals surface area contributed by atoms with Gasteiger partial charge in [0.2, 0.25) is 0 Å². The van der Waals surface area contributed by atoms with E-state index in [0.717, 1.165) is 0 Å². The first kappa shape index (κ1) is 37.6. The van der Waals surface area contributed by atoms with Gasteiger partial charge in [-0.05, 0) is 39.6 Å². The molecule has 0 aromatic heterocycles. The average molecular weight is 750 g/mol. The Balaban J connectivity index is 0.000000185. The van der Waals surface area contributed by atoms with E-state index in [-0.39, 0.29) is 14.9 Å². The third kappa shape index (κ3) is 7.55. The summed E-state index contributed by atoms with van der Waals surface area (Å²) in [5.74, 6) is 0. The van der Waals surface area contributed by atoms with Crippen molar-refractivity contribution in [2.45, 2.75) is 20.8 Å². The second-order valence-electron chi connectivity index (χ2n) is 12.8. The van der Waals surface area contributed by atoms with E-state index in [9.17, 15) is 0 Å². The summed E-state index contributed by atoms with van der Waals surface area (Å²) in [4.78, 5) is 0. The molecule has 9 aromatic rings. The molecule has 0 N–H and O–H groups in total. The molecule has 0 amide bonds. The fraction of sp³-hybridized carbons (Fsp3) is 0.0612. The molecule has 0 bridgehead atoms. The van der Waals surface area contributed by atoms with Crippen LogP contribution >= 0.6 is 0 Å². The molecule has 0 aliphatic rings. The monoisotopic (exact) mass is 748 g/mol. The number of aryl methyl sites for hydroxylation is 3. The van der Waals surface area contributed by atoms with Gasteiger partial charge in [-0.25, -0.2) is 0 Å². The van der Waals surface area contributed by atoms with Gasteiger partial charge in [0.25, 0.3) is 0 Å². The summed E-state index contributed by atoms with van der Waals surface area (Å²) in [7, 11) is 0. The van der Waals surface area contributed by atoms with Gasteiger partial charge >= 0.3 is 30.2 Å². The Bertz CT molecular complexity index is 2550. The zero-order valence-corrected chi connectivity index (χ0v) is 33.5. The van der Waals surface area contributed by atoms with E-state index in [0.29, 0.717) is 0 Å². The van der Waals surface area contributed by atoms with Crippen LogP contribution in [0.3, 0.4) is 0 Å². The molecule has 0 aliphatic heterocycles. The van der Waals surface area contributed by atoms with Crippen molar-refractivity contribution in [3.05, 3.63) is 195 Å². The van der Waals surface area contributed by atoms with Gasteiger partial charge < -0.3 is 14.9 Å². The van der Waals surface area contributed by atoms with Crippen LogP contribution in [0.15, 0.2) is 164 Å². The van der Waals surface area contributed by atoms with Crippen LogP contribution in [0, 0.1) is 35.6 Å². The molecule has 0 saturated carbocycles. The molecule has 0 fully saturated rings. The Morgan fingerprint density at radius 3 is 1.57 bits per heavy atom. The van der Waals surface area contributed by atoms with Crippen molar-refractivity contribution >= 4 is 50.0 Å². The average Bonchev–Trinajstić information content (AvgIpc) is 3.77. The summed E-state index contributed by atoms with van der Waals surface area (Å²) in [6, 6.07) is 59.5. The fourth-order valence-electron chi connectivity index (χ4n) is 7.13. The van der Waals surface area contributed by atoms with Crippen LogP contribution in [0.1, 0.15) is 16.7 Å². The maximum atomic E-state index is 3.06. The van der Waals surface area contributed by atoms with Crippen molar-refractivity contribution in [1.29, 1.82) is 0 Å². The number of fused-ring (bicyclic) bond motifs is 4. The summed E-state index contributed by atoms with van der Waals surface area (Å²) in [6.45, 7) is 9.55. The van der Waals surface area contributed by atoms with Gasteiger partial charge in [-0.2, -0.15) is 6.07 Å². The zero-order chi connectivity index (χ0) is 33.9. The molecule has 9 rings (SSSR count). The maximum absolute atomic E-state index is 3.06. The summed E-state index contributed by atoms with van der Waals surface area (Å²) in [5.41, 5.74) is 11.8. The van der Waals surface area contributed by atoms with E-state index in [1.807, 2.05) is 0 Å². The Morgan fingerprint density at radius 1 is 0.451 bits per heavy atom. The van der Waals surface area contributed by atoms with Crippen LogP contribution in [0.25, 0.3) is 76.5 Å². The molecule has 51 heavy (non-hydrogen) atoms. The summed E-state index contributed by atoms with van der Waals surface area (Å²) in [6.07, 6.45) is 0. The van der Waals surface area contributed by atoms with Gasteiger partial charge in [-0.3, -0.25) is 0 Å². The van der Waals surface area contributed by atoms with Crippen molar-refractivity contribution < 1.29 is 23.3 Å². The Labute approximate surface area is 320 Å². The van der Waals surface area contributed by atoms with Crippen LogP contribution in [0.5, 0.6) is 0 Å². The van der Waals surface area contributed by atoms with Crippen molar-refractivity contribution in [3.63, 3.8) is 0 Å². The molecule has 0 aliphatic carbocycles. The minimum atomic E-state index is 0. The quantitative estimate of drug-likeness (QED) is 0.125. The van der Waals surface area contributed by atoms with Crippen molar-refractivity contribution in [2.75, 3.05) is 0 Å². The number of benzene rings is 7. The van der Waals surface area contributed by atoms with Crippen molar-refractivity contribution in [2.24, 2.45) is 0 Å². The van der Waals surface area contributed by atoms with E-state index < -0.39 is 0 Å². The molecule has 9 aromatic carbocycles. The summed E-state index contributed by atoms with van der Waals surface area (Å²) >= 11 is 1.36. The third-order valence-corrected chi connectivity index (χ3v) is 9.54. The molecular weight excluding hydrogens is 708 g/mol. The predicted octanol–water partition coefficient (Wildman–Crippen LogP) is 13.9. The molecule has 2 heteroatoms. The van der Waals surface area contributed by atoms with Crippen LogP contribution in [0.4, 0.5) is 0 Å². The minimum absolute atomic E-state index is 0. The number of rotatable bonds is 3. The second-order valence-corrected chi connectivity index (χ2v) is 12.8. The first-order chi connectivity index (χ1) is 24.0. The first-order valence-electron chi connectivity index (χ1n) is 16.7. The molecule has 0 unspecified atom stereocenters. The van der Waals surface area contributed by atoms with Crippen LogP contribution in [-0.4, -0.2) is 6.88 Å².